The first kappa shape index (κ1) is 18.2. The van der Waals surface area contributed by atoms with Gasteiger partial charge in [-0.15, -0.1) is 0 Å². The largest absolute Gasteiger partial charge is 0.478 e. The number of rotatable bonds is 7. The third-order valence-electron chi connectivity index (χ3n) is 6.17. The van der Waals surface area contributed by atoms with E-state index in [2.05, 4.69) is 23.7 Å². The first-order valence-electron chi connectivity index (χ1n) is 10.0. The van der Waals surface area contributed by atoms with Gasteiger partial charge in [-0.25, -0.2) is 14.6 Å². The molecule has 0 aromatic carbocycles. The Morgan fingerprint density at radius 2 is 2.07 bits per heavy atom. The normalized spacial score (nSPS) is 22.3. The maximum Gasteiger partial charge on any atom is 0.337 e. The number of hydrogen-bond acceptors (Lipinski definition) is 4. The van der Waals surface area contributed by atoms with Gasteiger partial charge in [0.15, 0.2) is 5.65 Å². The Bertz CT molecular complexity index is 914. The molecule has 7 heteroatoms. The molecule has 1 N–H and O–H groups in total. The fourth-order valence-electron chi connectivity index (χ4n) is 4.64. The van der Waals surface area contributed by atoms with Gasteiger partial charge in [0.2, 0.25) is 0 Å². The zero-order valence-corrected chi connectivity index (χ0v) is 16.1. The molecular formula is C20H28N4O3. The van der Waals surface area contributed by atoms with Crippen LogP contribution in [0.1, 0.15) is 49.9 Å². The summed E-state index contributed by atoms with van der Waals surface area (Å²) in [6.45, 7) is 7.41. The molecule has 2 aromatic rings. The maximum absolute atomic E-state index is 13.1. The number of aryl methyl sites for hydroxylation is 1. The number of carboxylic acid groups (broad SMARTS) is 1. The molecule has 0 spiro atoms. The van der Waals surface area contributed by atoms with Crippen molar-refractivity contribution in [3.8, 4) is 0 Å². The van der Waals surface area contributed by atoms with E-state index in [9.17, 15) is 14.7 Å². The molecule has 0 amide bonds. The molecule has 2 fully saturated rings. The molecule has 7 nitrogen and oxygen atoms in total. The second-order valence-corrected chi connectivity index (χ2v) is 8.47. The average molecular weight is 372 g/mol. The SMILES string of the molecule is CC(C)CCn1c(=O)n(CCN2C[C@H]3CC[C@@H]2C3)c2cc(C(=O)O)cnc21. The van der Waals surface area contributed by atoms with E-state index in [4.69, 9.17) is 0 Å². The van der Waals surface area contributed by atoms with Gasteiger partial charge < -0.3 is 5.11 Å². The highest BCUT2D eigenvalue weighted by molar-refractivity contribution is 5.90. The van der Waals surface area contributed by atoms with E-state index in [1.54, 1.807) is 15.2 Å². The van der Waals surface area contributed by atoms with Gasteiger partial charge in [-0.2, -0.15) is 0 Å². The second-order valence-electron chi connectivity index (χ2n) is 8.47. The van der Waals surface area contributed by atoms with E-state index in [0.29, 0.717) is 36.2 Å². The Labute approximate surface area is 158 Å². The van der Waals surface area contributed by atoms with E-state index in [1.165, 1.54) is 25.5 Å². The number of pyridine rings is 1. The summed E-state index contributed by atoms with van der Waals surface area (Å²) >= 11 is 0. The third-order valence-corrected chi connectivity index (χ3v) is 6.17. The first-order chi connectivity index (χ1) is 12.9. The second kappa shape index (κ2) is 7.11. The Hall–Kier alpha value is -2.15. The highest BCUT2D eigenvalue weighted by Crippen LogP contribution is 2.37. The number of imidazole rings is 1. The topological polar surface area (TPSA) is 80.4 Å². The van der Waals surface area contributed by atoms with Crippen LogP contribution in [-0.4, -0.2) is 49.2 Å². The average Bonchev–Trinajstić information content (AvgIpc) is 3.31. The summed E-state index contributed by atoms with van der Waals surface area (Å²) < 4.78 is 3.43. The van der Waals surface area contributed by atoms with E-state index < -0.39 is 5.97 Å². The van der Waals surface area contributed by atoms with Crippen molar-refractivity contribution in [1.82, 2.24) is 19.0 Å². The lowest BCUT2D eigenvalue weighted by Crippen LogP contribution is -2.36. The lowest BCUT2D eigenvalue weighted by molar-refractivity contribution is 0.0696. The van der Waals surface area contributed by atoms with Crippen molar-refractivity contribution in [3.63, 3.8) is 0 Å². The monoisotopic (exact) mass is 372 g/mol. The molecule has 3 heterocycles. The van der Waals surface area contributed by atoms with Crippen molar-refractivity contribution >= 4 is 17.1 Å². The Kier molecular flexibility index (Phi) is 4.80. The summed E-state index contributed by atoms with van der Waals surface area (Å²) in [5.74, 6) is 0.281. The Morgan fingerprint density at radius 3 is 2.70 bits per heavy atom. The minimum Gasteiger partial charge on any atom is -0.478 e. The molecule has 1 aliphatic heterocycles. The summed E-state index contributed by atoms with van der Waals surface area (Å²) in [6.07, 6.45) is 6.12. The molecule has 2 atom stereocenters. The number of likely N-dealkylation sites (tertiary alicyclic amines) is 1. The quantitative estimate of drug-likeness (QED) is 0.807. The highest BCUT2D eigenvalue weighted by atomic mass is 16.4. The number of piperidine rings is 1. The van der Waals surface area contributed by atoms with Gasteiger partial charge in [0.25, 0.3) is 0 Å². The lowest BCUT2D eigenvalue weighted by Gasteiger charge is -2.26. The highest BCUT2D eigenvalue weighted by Gasteiger charge is 2.37. The molecule has 1 aliphatic carbocycles. The summed E-state index contributed by atoms with van der Waals surface area (Å²) in [5.41, 5.74) is 1.27. The summed E-state index contributed by atoms with van der Waals surface area (Å²) in [6, 6.07) is 2.25. The van der Waals surface area contributed by atoms with E-state index >= 15 is 0 Å². The molecule has 27 heavy (non-hydrogen) atoms. The smallest absolute Gasteiger partial charge is 0.337 e. The summed E-state index contributed by atoms with van der Waals surface area (Å²) in [4.78, 5) is 31.3. The van der Waals surface area contributed by atoms with Crippen molar-refractivity contribution in [3.05, 3.63) is 28.3 Å². The number of hydrogen-bond donors (Lipinski definition) is 1. The molecule has 2 aromatic heterocycles. The first-order valence-corrected chi connectivity index (χ1v) is 10.0. The van der Waals surface area contributed by atoms with E-state index in [1.807, 2.05) is 0 Å². The van der Waals surface area contributed by atoms with Crippen LogP contribution < -0.4 is 5.69 Å². The predicted molar refractivity (Wildman–Crippen MR) is 103 cm³/mol. The van der Waals surface area contributed by atoms with Gasteiger partial charge >= 0.3 is 11.7 Å². The van der Waals surface area contributed by atoms with Gasteiger partial charge in [0, 0.05) is 38.4 Å². The van der Waals surface area contributed by atoms with Gasteiger partial charge in [-0.1, -0.05) is 13.8 Å². The molecule has 0 unspecified atom stereocenters. The fourth-order valence-corrected chi connectivity index (χ4v) is 4.64. The molecule has 146 valence electrons. The molecule has 2 bridgehead atoms. The van der Waals surface area contributed by atoms with Crippen LogP contribution in [0.2, 0.25) is 0 Å². The minimum absolute atomic E-state index is 0.0787. The fraction of sp³-hybridized carbons (Fsp3) is 0.650. The van der Waals surface area contributed by atoms with Gasteiger partial charge in [-0.05, 0) is 43.6 Å². The molecule has 0 radical (unpaired) electrons. The molecule has 4 rings (SSSR count). The standard InChI is InChI=1S/C20H28N4O3/c1-13(2)5-6-24-18-17(10-15(11-21-18)19(25)26)23(20(24)27)8-7-22-12-14-3-4-16(22)9-14/h10-11,13-14,16H,3-9,12H2,1-2H3,(H,25,26)/t14-,16+/m0/s1. The van der Waals surface area contributed by atoms with Crippen molar-refractivity contribution in [2.24, 2.45) is 11.8 Å². The Balaban J connectivity index is 1.66. The molecule has 1 saturated heterocycles. The van der Waals surface area contributed by atoms with Crippen LogP contribution in [0, 0.1) is 11.8 Å². The number of carboxylic acids is 1. The van der Waals surface area contributed by atoms with Crippen molar-refractivity contribution in [2.45, 2.75) is 58.7 Å². The van der Waals surface area contributed by atoms with Crippen LogP contribution in [0.4, 0.5) is 0 Å². The maximum atomic E-state index is 13.1. The number of aromatic carboxylic acids is 1. The van der Waals surface area contributed by atoms with Crippen LogP contribution in [0.3, 0.4) is 0 Å². The summed E-state index contributed by atoms with van der Waals surface area (Å²) in [7, 11) is 0. The predicted octanol–water partition coefficient (Wildman–Crippen LogP) is 2.43. The van der Waals surface area contributed by atoms with Gasteiger partial charge in [0.1, 0.15) is 0 Å². The van der Waals surface area contributed by atoms with Crippen molar-refractivity contribution in [1.29, 1.82) is 0 Å². The third kappa shape index (κ3) is 3.40. The van der Waals surface area contributed by atoms with E-state index in [-0.39, 0.29) is 11.3 Å². The van der Waals surface area contributed by atoms with Gasteiger partial charge in [0.05, 0.1) is 11.1 Å². The number of nitrogens with zero attached hydrogens (tertiary/aromatic N) is 4. The van der Waals surface area contributed by atoms with Gasteiger partial charge in [-0.3, -0.25) is 14.0 Å². The molecule has 2 aliphatic rings. The zero-order valence-electron chi connectivity index (χ0n) is 16.1. The van der Waals surface area contributed by atoms with E-state index in [0.717, 1.165) is 25.4 Å². The van der Waals surface area contributed by atoms with Crippen LogP contribution in [0.5, 0.6) is 0 Å². The lowest BCUT2D eigenvalue weighted by atomic mass is 10.1. The van der Waals surface area contributed by atoms with Crippen LogP contribution in [0.25, 0.3) is 11.2 Å². The number of fused-ring (bicyclic) bond motifs is 3. The van der Waals surface area contributed by atoms with Crippen LogP contribution >= 0.6 is 0 Å². The number of carbonyl (C=O) groups is 1. The molecule has 1 saturated carbocycles. The Morgan fingerprint density at radius 1 is 1.26 bits per heavy atom. The van der Waals surface area contributed by atoms with Crippen LogP contribution in [-0.2, 0) is 13.1 Å². The van der Waals surface area contributed by atoms with Crippen molar-refractivity contribution in [2.75, 3.05) is 13.1 Å². The zero-order chi connectivity index (χ0) is 19.1. The van der Waals surface area contributed by atoms with Crippen molar-refractivity contribution < 1.29 is 9.90 Å². The number of aromatic nitrogens is 3. The molecular weight excluding hydrogens is 344 g/mol. The summed E-state index contributed by atoms with van der Waals surface area (Å²) in [5, 5.41) is 9.32. The minimum atomic E-state index is -1.02. The van der Waals surface area contributed by atoms with Crippen LogP contribution in [0.15, 0.2) is 17.1 Å².